The number of carbonyl (C=O) groups excluding carboxylic acids is 1. The fourth-order valence-corrected chi connectivity index (χ4v) is 1.24. The van der Waals surface area contributed by atoms with Gasteiger partial charge in [0, 0.05) is 13.2 Å². The Hall–Kier alpha value is -2.50. The molecule has 0 unspecified atom stereocenters. The first-order valence-corrected chi connectivity index (χ1v) is 5.36. The SMILES string of the molecule is CNC(=O)COc1cnc(-c2ccccn2)nc1. The quantitative estimate of drug-likeness (QED) is 0.855. The molecule has 18 heavy (non-hydrogen) atoms. The van der Waals surface area contributed by atoms with Crippen LogP contribution in [0.4, 0.5) is 0 Å². The molecule has 0 radical (unpaired) electrons. The van der Waals surface area contributed by atoms with E-state index in [0.29, 0.717) is 17.3 Å². The Bertz CT molecular complexity index is 513. The van der Waals surface area contributed by atoms with E-state index in [0.717, 1.165) is 0 Å². The number of hydrogen-bond acceptors (Lipinski definition) is 5. The zero-order valence-electron chi connectivity index (χ0n) is 9.83. The standard InChI is InChI=1S/C12H12N4O2/c1-13-11(17)8-18-9-6-15-12(16-7-9)10-4-2-3-5-14-10/h2-7H,8H2,1H3,(H,13,17). The Morgan fingerprint density at radius 2 is 2.06 bits per heavy atom. The van der Waals surface area contributed by atoms with Gasteiger partial charge in [-0.2, -0.15) is 0 Å². The molecule has 0 spiro atoms. The normalized spacial score (nSPS) is 9.83. The third-order valence-electron chi connectivity index (χ3n) is 2.17. The van der Waals surface area contributed by atoms with E-state index >= 15 is 0 Å². The van der Waals surface area contributed by atoms with Crippen molar-refractivity contribution in [3.63, 3.8) is 0 Å². The number of amides is 1. The molecule has 0 fully saturated rings. The van der Waals surface area contributed by atoms with E-state index in [-0.39, 0.29) is 12.5 Å². The highest BCUT2D eigenvalue weighted by Crippen LogP contribution is 2.13. The first kappa shape index (κ1) is 12.0. The van der Waals surface area contributed by atoms with Crippen molar-refractivity contribution in [2.45, 2.75) is 0 Å². The number of ether oxygens (including phenoxy) is 1. The minimum absolute atomic E-state index is 0.0528. The minimum Gasteiger partial charge on any atom is -0.481 e. The van der Waals surface area contributed by atoms with E-state index in [1.165, 1.54) is 12.4 Å². The second kappa shape index (κ2) is 5.72. The number of nitrogens with one attached hydrogen (secondary N) is 1. The molecular weight excluding hydrogens is 232 g/mol. The van der Waals surface area contributed by atoms with Gasteiger partial charge in [-0.05, 0) is 12.1 Å². The van der Waals surface area contributed by atoms with E-state index in [2.05, 4.69) is 20.3 Å². The number of hydrogen-bond donors (Lipinski definition) is 1. The van der Waals surface area contributed by atoms with E-state index in [4.69, 9.17) is 4.74 Å². The van der Waals surface area contributed by atoms with E-state index in [9.17, 15) is 4.79 Å². The van der Waals surface area contributed by atoms with E-state index in [1.54, 1.807) is 13.2 Å². The summed E-state index contributed by atoms with van der Waals surface area (Å²) in [6.45, 7) is -0.0528. The maximum atomic E-state index is 11.0. The van der Waals surface area contributed by atoms with Crippen molar-refractivity contribution >= 4 is 5.91 Å². The van der Waals surface area contributed by atoms with Gasteiger partial charge in [-0.15, -0.1) is 0 Å². The highest BCUT2D eigenvalue weighted by Gasteiger charge is 2.04. The van der Waals surface area contributed by atoms with Crippen molar-refractivity contribution in [3.05, 3.63) is 36.8 Å². The Labute approximate surface area is 104 Å². The van der Waals surface area contributed by atoms with Crippen LogP contribution in [0.2, 0.25) is 0 Å². The monoisotopic (exact) mass is 244 g/mol. The summed E-state index contributed by atoms with van der Waals surface area (Å²) in [5.74, 6) is 0.755. The fourth-order valence-electron chi connectivity index (χ4n) is 1.24. The summed E-state index contributed by atoms with van der Waals surface area (Å²) >= 11 is 0. The average molecular weight is 244 g/mol. The molecule has 2 rings (SSSR count). The molecule has 0 saturated carbocycles. The Morgan fingerprint density at radius 3 is 2.67 bits per heavy atom. The molecule has 0 aliphatic heterocycles. The van der Waals surface area contributed by atoms with Gasteiger partial charge in [0.2, 0.25) is 0 Å². The number of aromatic nitrogens is 3. The highest BCUT2D eigenvalue weighted by atomic mass is 16.5. The largest absolute Gasteiger partial charge is 0.481 e. The summed E-state index contributed by atoms with van der Waals surface area (Å²) in [6, 6.07) is 5.51. The molecule has 2 heterocycles. The molecule has 1 amide bonds. The predicted octanol–water partition coefficient (Wildman–Crippen LogP) is 0.663. The van der Waals surface area contributed by atoms with Gasteiger partial charge in [0.15, 0.2) is 18.2 Å². The Balaban J connectivity index is 2.04. The molecule has 0 aromatic carbocycles. The molecule has 0 aliphatic rings. The van der Waals surface area contributed by atoms with Crippen LogP contribution in [0.25, 0.3) is 11.5 Å². The summed E-state index contributed by atoms with van der Waals surface area (Å²) < 4.78 is 5.19. The lowest BCUT2D eigenvalue weighted by molar-refractivity contribution is -0.122. The van der Waals surface area contributed by atoms with Gasteiger partial charge in [-0.1, -0.05) is 6.07 Å². The second-order valence-corrected chi connectivity index (χ2v) is 3.42. The molecular formula is C12H12N4O2. The van der Waals surface area contributed by atoms with Gasteiger partial charge in [0.25, 0.3) is 5.91 Å². The van der Waals surface area contributed by atoms with Crippen LogP contribution >= 0.6 is 0 Å². The lowest BCUT2D eigenvalue weighted by Crippen LogP contribution is -2.24. The molecule has 2 aromatic rings. The smallest absolute Gasteiger partial charge is 0.257 e. The summed E-state index contributed by atoms with van der Waals surface area (Å²) in [4.78, 5) is 23.4. The fraction of sp³-hybridized carbons (Fsp3) is 0.167. The van der Waals surface area contributed by atoms with Crippen LogP contribution in [0.3, 0.4) is 0 Å². The van der Waals surface area contributed by atoms with Gasteiger partial charge in [-0.25, -0.2) is 9.97 Å². The van der Waals surface area contributed by atoms with Crippen LogP contribution in [0, 0.1) is 0 Å². The molecule has 92 valence electrons. The first-order chi connectivity index (χ1) is 8.79. The van der Waals surface area contributed by atoms with Crippen molar-refractivity contribution in [1.82, 2.24) is 20.3 Å². The lowest BCUT2D eigenvalue weighted by atomic mass is 10.3. The first-order valence-electron chi connectivity index (χ1n) is 5.36. The van der Waals surface area contributed by atoms with Crippen molar-refractivity contribution in [3.8, 4) is 17.3 Å². The van der Waals surface area contributed by atoms with Gasteiger partial charge in [-0.3, -0.25) is 9.78 Å². The van der Waals surface area contributed by atoms with Gasteiger partial charge < -0.3 is 10.1 Å². The van der Waals surface area contributed by atoms with Gasteiger partial charge in [0.05, 0.1) is 12.4 Å². The van der Waals surface area contributed by atoms with Crippen LogP contribution in [-0.4, -0.2) is 34.5 Å². The summed E-state index contributed by atoms with van der Waals surface area (Å²) in [5, 5.41) is 2.46. The molecule has 0 bridgehead atoms. The van der Waals surface area contributed by atoms with E-state index in [1.807, 2.05) is 18.2 Å². The number of pyridine rings is 1. The zero-order valence-corrected chi connectivity index (χ0v) is 9.83. The lowest BCUT2D eigenvalue weighted by Gasteiger charge is -2.04. The number of likely N-dealkylation sites (N-methyl/N-ethyl adjacent to an activating group) is 1. The zero-order chi connectivity index (χ0) is 12.8. The second-order valence-electron chi connectivity index (χ2n) is 3.42. The van der Waals surface area contributed by atoms with Crippen molar-refractivity contribution in [1.29, 1.82) is 0 Å². The van der Waals surface area contributed by atoms with E-state index < -0.39 is 0 Å². The van der Waals surface area contributed by atoms with Crippen molar-refractivity contribution in [2.75, 3.05) is 13.7 Å². The molecule has 0 saturated heterocycles. The highest BCUT2D eigenvalue weighted by molar-refractivity contribution is 5.77. The maximum absolute atomic E-state index is 11.0. The van der Waals surface area contributed by atoms with Crippen molar-refractivity contribution in [2.24, 2.45) is 0 Å². The Kier molecular flexibility index (Phi) is 3.80. The third-order valence-corrected chi connectivity index (χ3v) is 2.17. The molecule has 6 nitrogen and oxygen atoms in total. The van der Waals surface area contributed by atoms with Crippen LogP contribution in [-0.2, 0) is 4.79 Å². The minimum atomic E-state index is -0.205. The number of carbonyl (C=O) groups is 1. The maximum Gasteiger partial charge on any atom is 0.257 e. The third kappa shape index (κ3) is 3.00. The van der Waals surface area contributed by atoms with Crippen LogP contribution < -0.4 is 10.1 Å². The summed E-state index contributed by atoms with van der Waals surface area (Å²) in [5.41, 5.74) is 0.690. The van der Waals surface area contributed by atoms with Crippen LogP contribution in [0.5, 0.6) is 5.75 Å². The van der Waals surface area contributed by atoms with Crippen LogP contribution in [0.1, 0.15) is 0 Å². The molecule has 2 aromatic heterocycles. The van der Waals surface area contributed by atoms with Gasteiger partial charge in [0.1, 0.15) is 5.69 Å². The number of nitrogens with zero attached hydrogens (tertiary/aromatic N) is 3. The number of rotatable bonds is 4. The summed E-state index contributed by atoms with van der Waals surface area (Å²) in [6.07, 6.45) is 4.70. The molecule has 1 N–H and O–H groups in total. The van der Waals surface area contributed by atoms with Crippen molar-refractivity contribution < 1.29 is 9.53 Å². The predicted molar refractivity (Wildman–Crippen MR) is 64.8 cm³/mol. The topological polar surface area (TPSA) is 77.0 Å². The average Bonchev–Trinajstić information content (AvgIpc) is 2.46. The van der Waals surface area contributed by atoms with Crippen LogP contribution in [0.15, 0.2) is 36.8 Å². The summed E-state index contributed by atoms with van der Waals surface area (Å²) in [7, 11) is 1.55. The van der Waals surface area contributed by atoms with Gasteiger partial charge >= 0.3 is 0 Å². The molecule has 6 heteroatoms. The molecule has 0 aliphatic carbocycles. The Morgan fingerprint density at radius 1 is 1.28 bits per heavy atom. The molecule has 0 atom stereocenters.